The highest BCUT2D eigenvalue weighted by Crippen LogP contribution is 2.21. The molecule has 0 unspecified atom stereocenters. The Morgan fingerprint density at radius 1 is 0.660 bits per heavy atom. The smallest absolute Gasteiger partial charge is 0.337 e. The summed E-state index contributed by atoms with van der Waals surface area (Å²) in [5, 5.41) is 38.6. The zero-order valence-corrected chi connectivity index (χ0v) is 25.3. The molecular formula is C34H26N4O9. The van der Waals surface area contributed by atoms with Crippen LogP contribution in [0, 0.1) is 49.8 Å². The molecule has 0 saturated heterocycles. The van der Waals surface area contributed by atoms with Crippen LogP contribution in [-0.4, -0.2) is 42.3 Å². The number of benzene rings is 4. The van der Waals surface area contributed by atoms with Crippen LogP contribution in [0.1, 0.15) is 58.9 Å². The summed E-state index contributed by atoms with van der Waals surface area (Å²) in [5.74, 6) is -0.804. The van der Waals surface area contributed by atoms with Gasteiger partial charge < -0.3 is 9.47 Å². The van der Waals surface area contributed by atoms with Gasteiger partial charge in [-0.3, -0.25) is 25.0 Å². The Morgan fingerprint density at radius 2 is 1.06 bits per heavy atom. The zero-order chi connectivity index (χ0) is 34.9. The largest absolute Gasteiger partial charge is 0.465 e. The molecule has 0 aliphatic heterocycles. The Morgan fingerprint density at radius 3 is 1.49 bits per heavy atom. The number of nitro benzene ring substituents is 2. The number of nitrogens with zero attached hydrogens (tertiary/aromatic N) is 4. The highest BCUT2D eigenvalue weighted by molar-refractivity contribution is 5.90. The van der Waals surface area contributed by atoms with Crippen molar-refractivity contribution in [2.75, 3.05) is 14.2 Å². The molecular weight excluding hydrogens is 608 g/mol. The van der Waals surface area contributed by atoms with Gasteiger partial charge in [-0.1, -0.05) is 42.5 Å². The molecule has 4 aromatic rings. The maximum absolute atomic E-state index is 11.3. The predicted octanol–water partition coefficient (Wildman–Crippen LogP) is 6.48. The Bertz CT molecular complexity index is 1890. The number of aldehydes is 1. The van der Waals surface area contributed by atoms with Crippen LogP contribution in [0.4, 0.5) is 11.4 Å². The number of carbonyl (C=O) groups excluding carboxylic acids is 3. The highest BCUT2D eigenvalue weighted by Gasteiger charge is 2.13. The van der Waals surface area contributed by atoms with E-state index in [-0.39, 0.29) is 22.5 Å². The molecule has 0 atom stereocenters. The van der Waals surface area contributed by atoms with Gasteiger partial charge in [0.25, 0.3) is 11.4 Å². The third-order valence-electron chi connectivity index (χ3n) is 6.07. The molecule has 0 aromatic heterocycles. The highest BCUT2D eigenvalue weighted by atomic mass is 16.6. The van der Waals surface area contributed by atoms with E-state index in [4.69, 9.17) is 10.5 Å². The molecule has 0 spiro atoms. The maximum atomic E-state index is 11.3. The molecule has 0 amide bonds. The summed E-state index contributed by atoms with van der Waals surface area (Å²) in [6.45, 7) is 1.78. The Kier molecular flexibility index (Phi) is 13.8. The first-order valence-electron chi connectivity index (χ1n) is 13.3. The summed E-state index contributed by atoms with van der Waals surface area (Å²) in [5.41, 5.74) is 3.57. The van der Waals surface area contributed by atoms with Crippen LogP contribution in [-0.2, 0) is 9.47 Å². The molecule has 0 bridgehead atoms. The van der Waals surface area contributed by atoms with Crippen molar-refractivity contribution in [1.29, 1.82) is 10.5 Å². The number of nitriles is 2. The predicted molar refractivity (Wildman–Crippen MR) is 170 cm³/mol. The average molecular weight is 635 g/mol. The summed E-state index contributed by atoms with van der Waals surface area (Å²) in [4.78, 5) is 52.5. The summed E-state index contributed by atoms with van der Waals surface area (Å²) in [6, 6.07) is 25.4. The fraction of sp³-hybridized carbons (Fsp3) is 0.0882. The maximum Gasteiger partial charge on any atom is 0.337 e. The Labute approximate surface area is 268 Å². The molecule has 47 heavy (non-hydrogen) atoms. The van der Waals surface area contributed by atoms with Crippen LogP contribution in [0.2, 0.25) is 0 Å². The fourth-order valence-corrected chi connectivity index (χ4v) is 3.66. The second kappa shape index (κ2) is 18.0. The first-order chi connectivity index (χ1) is 22.5. The van der Waals surface area contributed by atoms with Crippen LogP contribution >= 0.6 is 0 Å². The molecule has 0 radical (unpaired) electrons. The quantitative estimate of drug-likeness (QED) is 0.0707. The second-order valence-corrected chi connectivity index (χ2v) is 9.21. The molecule has 4 aromatic carbocycles. The van der Waals surface area contributed by atoms with Crippen LogP contribution in [0.5, 0.6) is 0 Å². The standard InChI is InChI=1S/C17H12N2O4.C9H8O3.C8H6N2O2/c1-23-17(20)14-7-4-12(5-8-14)2-3-13-6-9-16(19(21)22)15(10-13)11-18;1-12-9(11)8-4-2-7(6-10)3-5-8;1-6-2-3-8(10(11)12)7(4-6)5-9/h2-10H,1H3;2-6H,1H3;2-4H,1H3/b3-2+;;. The van der Waals surface area contributed by atoms with Crippen molar-refractivity contribution in [3.05, 3.63) is 150 Å². The van der Waals surface area contributed by atoms with Gasteiger partial charge in [-0.05, 0) is 66.1 Å². The molecule has 13 nitrogen and oxygen atoms in total. The number of ether oxygens (including phenoxy) is 2. The summed E-state index contributed by atoms with van der Waals surface area (Å²) < 4.78 is 9.10. The van der Waals surface area contributed by atoms with Crippen LogP contribution in [0.3, 0.4) is 0 Å². The normalized spacial score (nSPS) is 9.64. The van der Waals surface area contributed by atoms with Crippen LogP contribution in [0.25, 0.3) is 12.2 Å². The van der Waals surface area contributed by atoms with Gasteiger partial charge in [-0.15, -0.1) is 0 Å². The van der Waals surface area contributed by atoms with E-state index in [1.165, 1.54) is 38.5 Å². The van der Waals surface area contributed by atoms with E-state index in [1.54, 1.807) is 85.8 Å². The Hall–Kier alpha value is -6.99. The topological polar surface area (TPSA) is 204 Å². The van der Waals surface area contributed by atoms with Crippen molar-refractivity contribution >= 4 is 41.8 Å². The van der Waals surface area contributed by atoms with Crippen molar-refractivity contribution in [3.8, 4) is 12.1 Å². The SMILES string of the molecule is COC(=O)c1ccc(/C=C/c2ccc([N+](=O)[O-])c(C#N)c2)cc1.COC(=O)c1ccc(C=O)cc1.Cc1ccc([N+](=O)[O-])c(C#N)c1. The van der Waals surface area contributed by atoms with Crippen molar-refractivity contribution in [1.82, 2.24) is 0 Å². The third kappa shape index (κ3) is 10.9. The van der Waals surface area contributed by atoms with Gasteiger partial charge in [0.1, 0.15) is 29.6 Å². The number of hydrogen-bond acceptors (Lipinski definition) is 11. The van der Waals surface area contributed by atoms with E-state index in [2.05, 4.69) is 9.47 Å². The third-order valence-corrected chi connectivity index (χ3v) is 6.07. The van der Waals surface area contributed by atoms with E-state index in [9.17, 15) is 34.6 Å². The lowest BCUT2D eigenvalue weighted by Crippen LogP contribution is -2.00. The van der Waals surface area contributed by atoms with Crippen LogP contribution < -0.4 is 0 Å². The molecule has 4 rings (SSSR count). The molecule has 0 saturated carbocycles. The van der Waals surface area contributed by atoms with E-state index in [0.29, 0.717) is 22.3 Å². The summed E-state index contributed by atoms with van der Waals surface area (Å²) in [7, 11) is 2.63. The number of esters is 2. The van der Waals surface area contributed by atoms with E-state index in [0.717, 1.165) is 17.4 Å². The molecule has 0 heterocycles. The van der Waals surface area contributed by atoms with E-state index in [1.807, 2.05) is 6.07 Å². The van der Waals surface area contributed by atoms with Crippen molar-refractivity contribution < 1.29 is 33.7 Å². The first kappa shape index (κ1) is 36.2. The second-order valence-electron chi connectivity index (χ2n) is 9.21. The molecule has 236 valence electrons. The van der Waals surface area contributed by atoms with Gasteiger partial charge in [0.2, 0.25) is 0 Å². The average Bonchev–Trinajstić information content (AvgIpc) is 3.10. The first-order valence-corrected chi connectivity index (χ1v) is 13.3. The van der Waals surface area contributed by atoms with Gasteiger partial charge >= 0.3 is 11.9 Å². The van der Waals surface area contributed by atoms with Crippen molar-refractivity contribution in [2.24, 2.45) is 0 Å². The van der Waals surface area contributed by atoms with Crippen molar-refractivity contribution in [3.63, 3.8) is 0 Å². The monoisotopic (exact) mass is 634 g/mol. The minimum atomic E-state index is -0.586. The number of methoxy groups -OCH3 is 2. The van der Waals surface area contributed by atoms with Gasteiger partial charge in [0.05, 0.1) is 35.2 Å². The lowest BCUT2D eigenvalue weighted by molar-refractivity contribution is -0.385. The van der Waals surface area contributed by atoms with Gasteiger partial charge in [0.15, 0.2) is 0 Å². The van der Waals surface area contributed by atoms with Gasteiger partial charge in [-0.25, -0.2) is 9.59 Å². The molecule has 0 aliphatic rings. The number of nitro groups is 2. The van der Waals surface area contributed by atoms with Crippen LogP contribution in [0.15, 0.2) is 84.9 Å². The lowest BCUT2D eigenvalue weighted by atomic mass is 10.1. The van der Waals surface area contributed by atoms with Gasteiger partial charge in [-0.2, -0.15) is 10.5 Å². The summed E-state index contributed by atoms with van der Waals surface area (Å²) in [6.07, 6.45) is 4.24. The minimum absolute atomic E-state index is 0.0122. The van der Waals surface area contributed by atoms with E-state index < -0.39 is 21.8 Å². The number of hydrogen-bond donors (Lipinski definition) is 0. The molecule has 0 N–H and O–H groups in total. The number of rotatable bonds is 7. The molecule has 0 aliphatic carbocycles. The summed E-state index contributed by atoms with van der Waals surface area (Å²) >= 11 is 0. The van der Waals surface area contributed by atoms with Gasteiger partial charge in [0, 0.05) is 17.7 Å². The lowest BCUT2D eigenvalue weighted by Gasteiger charge is -2.00. The number of carbonyl (C=O) groups is 3. The van der Waals surface area contributed by atoms with Crippen molar-refractivity contribution in [2.45, 2.75) is 6.92 Å². The minimum Gasteiger partial charge on any atom is -0.465 e. The molecule has 13 heteroatoms. The van der Waals surface area contributed by atoms with E-state index >= 15 is 0 Å². The fourth-order valence-electron chi connectivity index (χ4n) is 3.66. The molecule has 0 fully saturated rings. The Balaban J connectivity index is 0.000000270. The number of aryl methyl sites for hydroxylation is 1. The zero-order valence-electron chi connectivity index (χ0n) is 25.3.